The zero-order valence-electron chi connectivity index (χ0n) is 12.2. The van der Waals surface area contributed by atoms with E-state index in [-0.39, 0.29) is 5.54 Å². The lowest BCUT2D eigenvalue weighted by atomic mass is 9.90. The highest BCUT2D eigenvalue weighted by Gasteiger charge is 2.29. The number of hydrogen-bond donors (Lipinski definition) is 0. The van der Waals surface area contributed by atoms with E-state index in [9.17, 15) is 0 Å². The quantitative estimate of drug-likeness (QED) is 0.751. The summed E-state index contributed by atoms with van der Waals surface area (Å²) in [6.07, 6.45) is 7.01. The smallest absolute Gasteiger partial charge is 0.0241 e. The Bertz CT molecular complexity index is 344. The van der Waals surface area contributed by atoms with Crippen molar-refractivity contribution in [1.29, 1.82) is 0 Å². The van der Waals surface area contributed by atoms with E-state index in [0.717, 1.165) is 12.6 Å². The van der Waals surface area contributed by atoms with Crippen LogP contribution in [0, 0.1) is 0 Å². The van der Waals surface area contributed by atoms with Gasteiger partial charge in [0.15, 0.2) is 0 Å². The molecule has 1 aliphatic carbocycles. The second kappa shape index (κ2) is 5.88. The van der Waals surface area contributed by atoms with Crippen LogP contribution in [0.3, 0.4) is 0 Å². The second-order valence-corrected chi connectivity index (χ2v) is 6.58. The zero-order valence-corrected chi connectivity index (χ0v) is 12.2. The zero-order chi connectivity index (χ0) is 13.0. The Balaban J connectivity index is 2.10. The molecular weight excluding hydrogens is 218 g/mol. The normalized spacial score (nSPS) is 18.2. The number of benzene rings is 1. The van der Waals surface area contributed by atoms with Gasteiger partial charge in [0.2, 0.25) is 0 Å². The van der Waals surface area contributed by atoms with Crippen molar-refractivity contribution in [2.45, 2.75) is 71.0 Å². The van der Waals surface area contributed by atoms with E-state index in [1.54, 1.807) is 0 Å². The van der Waals surface area contributed by atoms with Crippen molar-refractivity contribution >= 4 is 0 Å². The van der Waals surface area contributed by atoms with Gasteiger partial charge in [-0.3, -0.25) is 4.90 Å². The van der Waals surface area contributed by atoms with Gasteiger partial charge in [-0.2, -0.15) is 0 Å². The van der Waals surface area contributed by atoms with Gasteiger partial charge in [0, 0.05) is 18.1 Å². The molecule has 0 aliphatic heterocycles. The molecule has 0 amide bonds. The number of rotatable bonds is 3. The van der Waals surface area contributed by atoms with E-state index in [4.69, 9.17) is 0 Å². The van der Waals surface area contributed by atoms with E-state index in [1.165, 1.54) is 37.7 Å². The van der Waals surface area contributed by atoms with E-state index in [0.29, 0.717) is 0 Å². The van der Waals surface area contributed by atoms with Crippen LogP contribution in [0.15, 0.2) is 30.3 Å². The molecule has 18 heavy (non-hydrogen) atoms. The summed E-state index contributed by atoms with van der Waals surface area (Å²) in [5.41, 5.74) is 1.70. The molecule has 0 radical (unpaired) electrons. The van der Waals surface area contributed by atoms with Gasteiger partial charge in [0.25, 0.3) is 0 Å². The predicted molar refractivity (Wildman–Crippen MR) is 78.6 cm³/mol. The number of nitrogens with zero attached hydrogens (tertiary/aromatic N) is 1. The van der Waals surface area contributed by atoms with Crippen molar-refractivity contribution in [3.05, 3.63) is 35.9 Å². The molecule has 0 bridgehead atoms. The Morgan fingerprint density at radius 1 is 1.00 bits per heavy atom. The Labute approximate surface area is 112 Å². The van der Waals surface area contributed by atoms with Crippen LogP contribution in [0.4, 0.5) is 0 Å². The van der Waals surface area contributed by atoms with Crippen LogP contribution in [-0.2, 0) is 6.54 Å². The molecule has 1 aromatic rings. The predicted octanol–water partition coefficient (Wildman–Crippen LogP) is 4.62. The summed E-state index contributed by atoms with van der Waals surface area (Å²) in [7, 11) is 0. The minimum absolute atomic E-state index is 0.262. The number of hydrogen-bond acceptors (Lipinski definition) is 1. The van der Waals surface area contributed by atoms with Crippen LogP contribution in [0.25, 0.3) is 0 Å². The highest BCUT2D eigenvalue weighted by molar-refractivity contribution is 5.15. The summed E-state index contributed by atoms with van der Waals surface area (Å²) >= 11 is 0. The third kappa shape index (κ3) is 3.58. The van der Waals surface area contributed by atoms with Crippen molar-refractivity contribution < 1.29 is 0 Å². The van der Waals surface area contributed by atoms with Crippen molar-refractivity contribution in [3.63, 3.8) is 0 Å². The summed E-state index contributed by atoms with van der Waals surface area (Å²) in [5.74, 6) is 0. The largest absolute Gasteiger partial charge is 0.291 e. The Morgan fingerprint density at radius 3 is 2.17 bits per heavy atom. The third-order valence-corrected chi connectivity index (χ3v) is 4.07. The highest BCUT2D eigenvalue weighted by atomic mass is 15.2. The molecule has 0 aromatic heterocycles. The molecule has 1 saturated carbocycles. The van der Waals surface area contributed by atoms with Gasteiger partial charge in [-0.1, -0.05) is 49.6 Å². The molecule has 0 unspecified atom stereocenters. The molecule has 0 N–H and O–H groups in total. The lowest BCUT2D eigenvalue weighted by Gasteiger charge is -2.43. The molecular formula is C17H27N. The fourth-order valence-electron chi connectivity index (χ4n) is 3.09. The average molecular weight is 245 g/mol. The van der Waals surface area contributed by atoms with Crippen molar-refractivity contribution in [1.82, 2.24) is 4.90 Å². The molecule has 2 rings (SSSR count). The lowest BCUT2D eigenvalue weighted by Crippen LogP contribution is -2.48. The van der Waals surface area contributed by atoms with Crippen LogP contribution in [0.5, 0.6) is 0 Å². The molecule has 1 fully saturated rings. The van der Waals surface area contributed by atoms with E-state index in [2.05, 4.69) is 56.0 Å². The van der Waals surface area contributed by atoms with Crippen LogP contribution in [0.1, 0.15) is 58.4 Å². The van der Waals surface area contributed by atoms with Gasteiger partial charge in [-0.05, 0) is 39.2 Å². The van der Waals surface area contributed by atoms with Crippen LogP contribution < -0.4 is 0 Å². The van der Waals surface area contributed by atoms with Gasteiger partial charge in [0.05, 0.1) is 0 Å². The third-order valence-electron chi connectivity index (χ3n) is 4.07. The van der Waals surface area contributed by atoms with Crippen molar-refractivity contribution in [3.8, 4) is 0 Å². The fourth-order valence-corrected chi connectivity index (χ4v) is 3.09. The maximum atomic E-state index is 2.71. The van der Waals surface area contributed by atoms with Crippen LogP contribution >= 0.6 is 0 Å². The first kappa shape index (κ1) is 13.6. The molecule has 0 atom stereocenters. The maximum absolute atomic E-state index is 2.71. The monoisotopic (exact) mass is 245 g/mol. The van der Waals surface area contributed by atoms with Gasteiger partial charge in [0.1, 0.15) is 0 Å². The Hall–Kier alpha value is -0.820. The van der Waals surface area contributed by atoms with Crippen LogP contribution in [0.2, 0.25) is 0 Å². The molecule has 1 aliphatic rings. The molecule has 0 heterocycles. The first-order chi connectivity index (χ1) is 8.57. The van der Waals surface area contributed by atoms with E-state index in [1.807, 2.05) is 0 Å². The molecule has 1 nitrogen and oxygen atoms in total. The molecule has 100 valence electrons. The summed E-state index contributed by atoms with van der Waals surface area (Å²) < 4.78 is 0. The van der Waals surface area contributed by atoms with Gasteiger partial charge < -0.3 is 0 Å². The van der Waals surface area contributed by atoms with Crippen LogP contribution in [-0.4, -0.2) is 16.5 Å². The van der Waals surface area contributed by atoms with E-state index < -0.39 is 0 Å². The highest BCUT2D eigenvalue weighted by Crippen LogP contribution is 2.29. The molecule has 0 spiro atoms. The van der Waals surface area contributed by atoms with Gasteiger partial charge >= 0.3 is 0 Å². The first-order valence-electron chi connectivity index (χ1n) is 7.38. The Morgan fingerprint density at radius 2 is 1.61 bits per heavy atom. The first-order valence-corrected chi connectivity index (χ1v) is 7.38. The molecule has 0 saturated heterocycles. The maximum Gasteiger partial charge on any atom is 0.0241 e. The Kier molecular flexibility index (Phi) is 4.45. The summed E-state index contributed by atoms with van der Waals surface area (Å²) in [6, 6.07) is 11.7. The minimum Gasteiger partial charge on any atom is -0.291 e. The fraction of sp³-hybridized carbons (Fsp3) is 0.647. The topological polar surface area (TPSA) is 3.24 Å². The molecule has 1 aromatic carbocycles. The standard InChI is InChI=1S/C17H27N/c1-17(2,3)18(16-12-8-5-9-13-16)14-15-10-6-4-7-11-15/h4,6-7,10-11,16H,5,8-9,12-14H2,1-3H3. The van der Waals surface area contributed by atoms with Crippen molar-refractivity contribution in [2.75, 3.05) is 0 Å². The summed E-state index contributed by atoms with van der Waals surface area (Å²) in [4.78, 5) is 2.71. The minimum atomic E-state index is 0.262. The summed E-state index contributed by atoms with van der Waals surface area (Å²) in [6.45, 7) is 8.15. The summed E-state index contributed by atoms with van der Waals surface area (Å²) in [5, 5.41) is 0. The van der Waals surface area contributed by atoms with Crippen molar-refractivity contribution in [2.24, 2.45) is 0 Å². The SMILES string of the molecule is CC(C)(C)N(Cc1ccccc1)C1CCCCC1. The van der Waals surface area contributed by atoms with Gasteiger partial charge in [-0.25, -0.2) is 0 Å². The van der Waals surface area contributed by atoms with E-state index >= 15 is 0 Å². The average Bonchev–Trinajstić information content (AvgIpc) is 2.37. The van der Waals surface area contributed by atoms with Gasteiger partial charge in [-0.15, -0.1) is 0 Å². The lowest BCUT2D eigenvalue weighted by molar-refractivity contribution is 0.0521. The molecule has 1 heteroatoms. The second-order valence-electron chi connectivity index (χ2n) is 6.58.